The van der Waals surface area contributed by atoms with E-state index < -0.39 is 0 Å². The maximum atomic E-state index is 12.2. The number of hydrogen-bond acceptors (Lipinski definition) is 3. The fourth-order valence-corrected chi connectivity index (χ4v) is 2.16. The topological polar surface area (TPSA) is 55.6 Å². The summed E-state index contributed by atoms with van der Waals surface area (Å²) in [6.45, 7) is 4.00. The van der Waals surface area contributed by atoms with E-state index in [4.69, 9.17) is 10.5 Å². The molecule has 0 bridgehead atoms. The Bertz CT molecular complexity index is 653. The van der Waals surface area contributed by atoms with Crippen LogP contribution in [0.15, 0.2) is 42.5 Å². The molecule has 110 valence electrons. The van der Waals surface area contributed by atoms with Gasteiger partial charge in [-0.2, -0.15) is 0 Å². The number of nitrogen functional groups attached to an aromatic ring is 1. The minimum atomic E-state index is -0.107. The number of nitrogens with zero attached hydrogens (tertiary/aromatic N) is 1. The molecular formula is C17H20N2O2. The molecule has 1 amide bonds. The van der Waals surface area contributed by atoms with Crippen LogP contribution in [0.5, 0.6) is 5.75 Å². The number of amides is 1. The van der Waals surface area contributed by atoms with Crippen LogP contribution in [0.2, 0.25) is 0 Å². The summed E-state index contributed by atoms with van der Waals surface area (Å²) in [5.74, 6) is 0.488. The van der Waals surface area contributed by atoms with Crippen molar-refractivity contribution in [3.05, 3.63) is 53.6 Å². The van der Waals surface area contributed by atoms with E-state index >= 15 is 0 Å². The SMILES string of the molecule is Cc1ccc(N(C)C(=O)COc2cccc(N)c2)c(C)c1. The molecule has 0 saturated heterocycles. The van der Waals surface area contributed by atoms with E-state index in [2.05, 4.69) is 6.07 Å². The lowest BCUT2D eigenvalue weighted by atomic mass is 10.1. The molecule has 0 unspecified atom stereocenters. The van der Waals surface area contributed by atoms with E-state index in [9.17, 15) is 4.79 Å². The molecule has 0 atom stereocenters. The molecule has 2 aromatic carbocycles. The molecule has 0 radical (unpaired) electrons. The zero-order valence-electron chi connectivity index (χ0n) is 12.6. The Labute approximate surface area is 125 Å². The Morgan fingerprint density at radius 1 is 1.19 bits per heavy atom. The van der Waals surface area contributed by atoms with Crippen LogP contribution in [0.1, 0.15) is 11.1 Å². The smallest absolute Gasteiger partial charge is 0.264 e. The van der Waals surface area contributed by atoms with Gasteiger partial charge >= 0.3 is 0 Å². The maximum absolute atomic E-state index is 12.2. The molecule has 4 nitrogen and oxygen atoms in total. The van der Waals surface area contributed by atoms with Crippen molar-refractivity contribution in [2.24, 2.45) is 0 Å². The fraction of sp³-hybridized carbons (Fsp3) is 0.235. The summed E-state index contributed by atoms with van der Waals surface area (Å²) in [5.41, 5.74) is 9.42. The van der Waals surface area contributed by atoms with Gasteiger partial charge in [0.05, 0.1) is 0 Å². The highest BCUT2D eigenvalue weighted by atomic mass is 16.5. The van der Waals surface area contributed by atoms with Crippen LogP contribution in [0.4, 0.5) is 11.4 Å². The number of ether oxygens (including phenoxy) is 1. The van der Waals surface area contributed by atoms with E-state index in [1.807, 2.05) is 26.0 Å². The van der Waals surface area contributed by atoms with Gasteiger partial charge in [0.1, 0.15) is 5.75 Å². The molecule has 0 aliphatic heterocycles. The second kappa shape index (κ2) is 6.31. The molecule has 0 aliphatic carbocycles. The van der Waals surface area contributed by atoms with Gasteiger partial charge in [-0.15, -0.1) is 0 Å². The van der Waals surface area contributed by atoms with E-state index in [0.717, 1.165) is 11.3 Å². The average Bonchev–Trinajstić information content (AvgIpc) is 2.44. The van der Waals surface area contributed by atoms with Crippen LogP contribution >= 0.6 is 0 Å². The van der Waals surface area contributed by atoms with E-state index in [1.165, 1.54) is 5.56 Å². The van der Waals surface area contributed by atoms with Gasteiger partial charge in [0, 0.05) is 24.5 Å². The first-order chi connectivity index (χ1) is 9.97. The lowest BCUT2D eigenvalue weighted by Crippen LogP contribution is -2.31. The number of aryl methyl sites for hydroxylation is 2. The highest BCUT2D eigenvalue weighted by Gasteiger charge is 2.13. The van der Waals surface area contributed by atoms with Gasteiger partial charge in [0.2, 0.25) is 0 Å². The molecular weight excluding hydrogens is 264 g/mol. The quantitative estimate of drug-likeness (QED) is 0.878. The van der Waals surface area contributed by atoms with Gasteiger partial charge in [0.15, 0.2) is 6.61 Å². The third-order valence-electron chi connectivity index (χ3n) is 3.31. The fourth-order valence-electron chi connectivity index (χ4n) is 2.16. The summed E-state index contributed by atoms with van der Waals surface area (Å²) in [7, 11) is 1.75. The number of hydrogen-bond donors (Lipinski definition) is 1. The summed E-state index contributed by atoms with van der Waals surface area (Å²) in [6, 6.07) is 13.0. The second-order valence-electron chi connectivity index (χ2n) is 5.10. The van der Waals surface area contributed by atoms with Crippen molar-refractivity contribution < 1.29 is 9.53 Å². The zero-order chi connectivity index (χ0) is 15.4. The van der Waals surface area contributed by atoms with Crippen molar-refractivity contribution in [2.45, 2.75) is 13.8 Å². The van der Waals surface area contributed by atoms with Crippen molar-refractivity contribution >= 4 is 17.3 Å². The molecule has 0 heterocycles. The molecule has 0 aromatic heterocycles. The molecule has 2 rings (SSSR count). The number of carbonyl (C=O) groups is 1. The predicted molar refractivity (Wildman–Crippen MR) is 85.7 cm³/mol. The van der Waals surface area contributed by atoms with E-state index in [1.54, 1.807) is 36.2 Å². The summed E-state index contributed by atoms with van der Waals surface area (Å²) in [6.07, 6.45) is 0. The molecule has 0 fully saturated rings. The van der Waals surface area contributed by atoms with Gasteiger partial charge in [-0.05, 0) is 37.6 Å². The number of benzene rings is 2. The Morgan fingerprint density at radius 2 is 1.95 bits per heavy atom. The number of anilines is 2. The molecule has 4 heteroatoms. The monoisotopic (exact) mass is 284 g/mol. The van der Waals surface area contributed by atoms with Gasteiger partial charge in [-0.25, -0.2) is 0 Å². The average molecular weight is 284 g/mol. The van der Waals surface area contributed by atoms with Gasteiger partial charge in [0.25, 0.3) is 5.91 Å². The zero-order valence-corrected chi connectivity index (χ0v) is 12.6. The first kappa shape index (κ1) is 14.9. The first-order valence-electron chi connectivity index (χ1n) is 6.79. The van der Waals surface area contributed by atoms with Crippen LogP contribution < -0.4 is 15.4 Å². The van der Waals surface area contributed by atoms with Crippen LogP contribution in [0.3, 0.4) is 0 Å². The minimum Gasteiger partial charge on any atom is -0.484 e. The van der Waals surface area contributed by atoms with E-state index in [-0.39, 0.29) is 12.5 Å². The van der Waals surface area contributed by atoms with Crippen LogP contribution in [-0.2, 0) is 4.79 Å². The highest BCUT2D eigenvalue weighted by molar-refractivity contribution is 5.94. The molecule has 0 aliphatic rings. The Morgan fingerprint density at radius 3 is 2.62 bits per heavy atom. The van der Waals surface area contributed by atoms with Crippen LogP contribution in [0, 0.1) is 13.8 Å². The predicted octanol–water partition coefficient (Wildman–Crippen LogP) is 2.93. The Kier molecular flexibility index (Phi) is 4.48. The normalized spacial score (nSPS) is 10.2. The summed E-state index contributed by atoms with van der Waals surface area (Å²) < 4.78 is 5.48. The van der Waals surface area contributed by atoms with Crippen molar-refractivity contribution in [3.8, 4) is 5.75 Å². The largest absolute Gasteiger partial charge is 0.484 e. The molecule has 2 N–H and O–H groups in total. The van der Waals surface area contributed by atoms with Crippen molar-refractivity contribution in [2.75, 3.05) is 24.3 Å². The summed E-state index contributed by atoms with van der Waals surface area (Å²) in [4.78, 5) is 13.8. The van der Waals surface area contributed by atoms with Crippen molar-refractivity contribution in [1.29, 1.82) is 0 Å². The highest BCUT2D eigenvalue weighted by Crippen LogP contribution is 2.20. The number of likely N-dealkylation sites (N-methyl/N-ethyl adjacent to an activating group) is 1. The van der Waals surface area contributed by atoms with E-state index in [0.29, 0.717) is 11.4 Å². The Hall–Kier alpha value is -2.49. The summed E-state index contributed by atoms with van der Waals surface area (Å²) in [5, 5.41) is 0. The molecule has 0 spiro atoms. The molecule has 0 saturated carbocycles. The lowest BCUT2D eigenvalue weighted by molar-refractivity contribution is -0.120. The Balaban J connectivity index is 2.02. The third-order valence-corrected chi connectivity index (χ3v) is 3.31. The van der Waals surface area contributed by atoms with Gasteiger partial charge < -0.3 is 15.4 Å². The number of carbonyl (C=O) groups excluding carboxylic acids is 1. The van der Waals surface area contributed by atoms with Gasteiger partial charge in [-0.3, -0.25) is 4.79 Å². The lowest BCUT2D eigenvalue weighted by Gasteiger charge is -2.20. The first-order valence-corrected chi connectivity index (χ1v) is 6.79. The van der Waals surface area contributed by atoms with Crippen molar-refractivity contribution in [3.63, 3.8) is 0 Å². The standard InChI is InChI=1S/C17H20N2O2/c1-12-7-8-16(13(2)9-12)19(3)17(20)11-21-15-6-4-5-14(18)10-15/h4-10H,11,18H2,1-3H3. The van der Waals surface area contributed by atoms with Gasteiger partial charge in [-0.1, -0.05) is 23.8 Å². The second-order valence-corrected chi connectivity index (χ2v) is 5.10. The van der Waals surface area contributed by atoms with Crippen molar-refractivity contribution in [1.82, 2.24) is 0 Å². The molecule has 21 heavy (non-hydrogen) atoms. The summed E-state index contributed by atoms with van der Waals surface area (Å²) >= 11 is 0. The molecule has 2 aromatic rings. The minimum absolute atomic E-state index is 0.0206. The maximum Gasteiger partial charge on any atom is 0.264 e. The van der Waals surface area contributed by atoms with Crippen LogP contribution in [0.25, 0.3) is 0 Å². The van der Waals surface area contributed by atoms with Crippen LogP contribution in [-0.4, -0.2) is 19.6 Å². The number of rotatable bonds is 4. The third kappa shape index (κ3) is 3.75. The number of nitrogens with two attached hydrogens (primary N) is 1.